The maximum Gasteiger partial charge on any atom is 0.157 e. The quantitative estimate of drug-likeness (QED) is 0.683. The summed E-state index contributed by atoms with van der Waals surface area (Å²) >= 11 is 0. The van der Waals surface area contributed by atoms with Crippen molar-refractivity contribution in [1.82, 2.24) is 0 Å². The molecule has 1 aliphatic heterocycles. The number of allylic oxidation sites excluding steroid dienone is 2. The van der Waals surface area contributed by atoms with Crippen LogP contribution in [0.15, 0.2) is 11.6 Å². The van der Waals surface area contributed by atoms with E-state index in [2.05, 4.69) is 26.8 Å². The molecule has 0 N–H and O–H groups in total. The third kappa shape index (κ3) is 2.33. The van der Waals surface area contributed by atoms with E-state index in [4.69, 9.17) is 9.47 Å². The van der Waals surface area contributed by atoms with Gasteiger partial charge in [-0.05, 0) is 43.9 Å². The fourth-order valence-electron chi connectivity index (χ4n) is 2.74. The maximum absolute atomic E-state index is 5.87. The van der Waals surface area contributed by atoms with Gasteiger partial charge in [0.2, 0.25) is 0 Å². The van der Waals surface area contributed by atoms with Crippen LogP contribution >= 0.6 is 0 Å². The van der Waals surface area contributed by atoms with Crippen molar-refractivity contribution in [3.05, 3.63) is 11.6 Å². The molecule has 92 valence electrons. The Morgan fingerprint density at radius 2 is 2.25 bits per heavy atom. The summed E-state index contributed by atoms with van der Waals surface area (Å²) < 4.78 is 11.4. The molecule has 2 rings (SSSR count). The highest BCUT2D eigenvalue weighted by Gasteiger charge is 2.43. The van der Waals surface area contributed by atoms with Crippen LogP contribution in [0.4, 0.5) is 0 Å². The van der Waals surface area contributed by atoms with Crippen molar-refractivity contribution in [1.29, 1.82) is 0 Å². The van der Waals surface area contributed by atoms with Gasteiger partial charge in [0.15, 0.2) is 6.29 Å². The first-order valence-corrected chi connectivity index (χ1v) is 6.53. The highest BCUT2D eigenvalue weighted by Crippen LogP contribution is 2.50. The van der Waals surface area contributed by atoms with Crippen molar-refractivity contribution in [2.75, 3.05) is 13.2 Å². The second-order valence-electron chi connectivity index (χ2n) is 5.57. The van der Waals surface area contributed by atoms with Gasteiger partial charge in [-0.3, -0.25) is 0 Å². The van der Waals surface area contributed by atoms with Gasteiger partial charge < -0.3 is 9.47 Å². The van der Waals surface area contributed by atoms with Crippen LogP contribution in [0.3, 0.4) is 0 Å². The lowest BCUT2D eigenvalue weighted by Gasteiger charge is -2.48. The maximum atomic E-state index is 5.87. The van der Waals surface area contributed by atoms with Gasteiger partial charge in [0.1, 0.15) is 0 Å². The highest BCUT2D eigenvalue weighted by atomic mass is 16.7. The van der Waals surface area contributed by atoms with Crippen LogP contribution in [0, 0.1) is 11.3 Å². The minimum atomic E-state index is 0.0687. The molecule has 0 aromatic carbocycles. The molecule has 1 saturated heterocycles. The van der Waals surface area contributed by atoms with Gasteiger partial charge in [-0.1, -0.05) is 25.5 Å². The van der Waals surface area contributed by atoms with Crippen LogP contribution in [0.25, 0.3) is 0 Å². The summed E-state index contributed by atoms with van der Waals surface area (Å²) in [5, 5.41) is 0. The lowest BCUT2D eigenvalue weighted by Crippen LogP contribution is -2.41. The molecular weight excluding hydrogens is 200 g/mol. The lowest BCUT2D eigenvalue weighted by atomic mass is 9.59. The van der Waals surface area contributed by atoms with Crippen molar-refractivity contribution >= 4 is 0 Å². The number of hydrogen-bond donors (Lipinski definition) is 0. The topological polar surface area (TPSA) is 18.5 Å². The SMILES string of the molecule is CC=C1CC(COC2CCCCO2)C1(C)C. The summed E-state index contributed by atoms with van der Waals surface area (Å²) in [6.07, 6.45) is 7.04. The van der Waals surface area contributed by atoms with Crippen LogP contribution in [0.5, 0.6) is 0 Å². The Kier molecular flexibility index (Phi) is 3.70. The van der Waals surface area contributed by atoms with Gasteiger partial charge in [0.25, 0.3) is 0 Å². The zero-order valence-corrected chi connectivity index (χ0v) is 10.8. The average molecular weight is 224 g/mol. The number of rotatable bonds is 3. The molecule has 0 bridgehead atoms. The molecule has 2 atom stereocenters. The normalized spacial score (nSPS) is 36.1. The van der Waals surface area contributed by atoms with E-state index < -0.39 is 0 Å². The van der Waals surface area contributed by atoms with Gasteiger partial charge in [-0.2, -0.15) is 0 Å². The molecule has 2 heteroatoms. The van der Waals surface area contributed by atoms with Crippen LogP contribution in [0.1, 0.15) is 46.5 Å². The fraction of sp³-hybridized carbons (Fsp3) is 0.857. The van der Waals surface area contributed by atoms with E-state index in [0.717, 1.165) is 19.6 Å². The van der Waals surface area contributed by atoms with Gasteiger partial charge in [0, 0.05) is 6.61 Å². The van der Waals surface area contributed by atoms with Crippen molar-refractivity contribution in [2.24, 2.45) is 11.3 Å². The molecule has 0 aromatic rings. The van der Waals surface area contributed by atoms with Crippen LogP contribution in [-0.2, 0) is 9.47 Å². The zero-order valence-electron chi connectivity index (χ0n) is 10.8. The number of hydrogen-bond acceptors (Lipinski definition) is 2. The standard InChI is InChI=1S/C14H24O2/c1-4-11-9-12(14(11,2)3)10-16-13-7-5-6-8-15-13/h4,12-13H,5-10H2,1-3H3. The molecule has 0 aromatic heterocycles. The first kappa shape index (κ1) is 12.1. The van der Waals surface area contributed by atoms with Crippen LogP contribution in [0.2, 0.25) is 0 Å². The van der Waals surface area contributed by atoms with E-state index in [0.29, 0.717) is 11.3 Å². The summed E-state index contributed by atoms with van der Waals surface area (Å²) in [4.78, 5) is 0. The monoisotopic (exact) mass is 224 g/mol. The summed E-state index contributed by atoms with van der Waals surface area (Å²) in [6, 6.07) is 0. The molecule has 2 unspecified atom stereocenters. The second-order valence-corrected chi connectivity index (χ2v) is 5.57. The van der Waals surface area contributed by atoms with Crippen LogP contribution < -0.4 is 0 Å². The Morgan fingerprint density at radius 3 is 2.81 bits per heavy atom. The van der Waals surface area contributed by atoms with Crippen molar-refractivity contribution in [3.8, 4) is 0 Å². The van der Waals surface area contributed by atoms with E-state index >= 15 is 0 Å². The highest BCUT2D eigenvalue weighted by molar-refractivity contribution is 5.23. The molecule has 1 aliphatic carbocycles. The van der Waals surface area contributed by atoms with E-state index in [1.165, 1.54) is 19.3 Å². The summed E-state index contributed by atoms with van der Waals surface area (Å²) in [5.74, 6) is 0.671. The third-order valence-electron chi connectivity index (χ3n) is 4.28. The Bertz CT molecular complexity index is 262. The summed E-state index contributed by atoms with van der Waals surface area (Å²) in [7, 11) is 0. The van der Waals surface area contributed by atoms with E-state index in [1.807, 2.05) is 0 Å². The average Bonchev–Trinajstić information content (AvgIpc) is 2.29. The largest absolute Gasteiger partial charge is 0.353 e. The van der Waals surface area contributed by atoms with Crippen LogP contribution in [-0.4, -0.2) is 19.5 Å². The molecular formula is C14H24O2. The van der Waals surface area contributed by atoms with Crippen molar-refractivity contribution < 1.29 is 9.47 Å². The van der Waals surface area contributed by atoms with E-state index in [-0.39, 0.29) is 6.29 Å². The Balaban J connectivity index is 1.75. The first-order valence-electron chi connectivity index (χ1n) is 6.53. The zero-order chi connectivity index (χ0) is 11.6. The molecule has 0 amide bonds. The third-order valence-corrected chi connectivity index (χ3v) is 4.28. The lowest BCUT2D eigenvalue weighted by molar-refractivity contribution is -0.177. The molecule has 1 heterocycles. The van der Waals surface area contributed by atoms with Crippen molar-refractivity contribution in [3.63, 3.8) is 0 Å². The van der Waals surface area contributed by atoms with E-state index in [9.17, 15) is 0 Å². The Labute approximate surface area is 99.0 Å². The van der Waals surface area contributed by atoms with Gasteiger partial charge in [0.05, 0.1) is 6.61 Å². The molecule has 0 spiro atoms. The second kappa shape index (κ2) is 4.89. The minimum absolute atomic E-state index is 0.0687. The van der Waals surface area contributed by atoms with Gasteiger partial charge in [-0.25, -0.2) is 0 Å². The fourth-order valence-corrected chi connectivity index (χ4v) is 2.74. The van der Waals surface area contributed by atoms with Gasteiger partial charge >= 0.3 is 0 Å². The Morgan fingerprint density at radius 1 is 1.44 bits per heavy atom. The predicted molar refractivity (Wildman–Crippen MR) is 65.2 cm³/mol. The minimum Gasteiger partial charge on any atom is -0.353 e. The van der Waals surface area contributed by atoms with Crippen molar-refractivity contribution in [2.45, 2.75) is 52.7 Å². The Hall–Kier alpha value is -0.340. The smallest absolute Gasteiger partial charge is 0.157 e. The molecule has 16 heavy (non-hydrogen) atoms. The molecule has 1 saturated carbocycles. The summed E-state index contributed by atoms with van der Waals surface area (Å²) in [5.41, 5.74) is 1.91. The first-order chi connectivity index (χ1) is 7.64. The van der Waals surface area contributed by atoms with E-state index in [1.54, 1.807) is 5.57 Å². The molecule has 0 radical (unpaired) electrons. The predicted octanol–water partition coefficient (Wildman–Crippen LogP) is 3.52. The van der Waals surface area contributed by atoms with Gasteiger partial charge in [-0.15, -0.1) is 0 Å². The number of ether oxygens (including phenoxy) is 2. The molecule has 2 nitrogen and oxygen atoms in total. The summed E-state index contributed by atoms with van der Waals surface area (Å²) in [6.45, 7) is 8.51. The molecule has 2 fully saturated rings. The molecule has 2 aliphatic rings.